The lowest BCUT2D eigenvalue weighted by Gasteiger charge is -2.31. The highest BCUT2D eigenvalue weighted by Crippen LogP contribution is 2.60. The molecule has 0 unspecified atom stereocenters. The molecule has 4 aromatic rings. The van der Waals surface area contributed by atoms with Crippen LogP contribution in [-0.2, 0) is 37.8 Å². The van der Waals surface area contributed by atoms with Gasteiger partial charge >= 0.3 is 0 Å². The van der Waals surface area contributed by atoms with E-state index in [1.54, 1.807) is 27.8 Å². The number of aliphatic hydroxyl groups is 1. The van der Waals surface area contributed by atoms with E-state index in [4.69, 9.17) is 4.74 Å². The molecule has 1 spiro atoms. The summed E-state index contributed by atoms with van der Waals surface area (Å²) in [4.78, 5) is 45.7. The minimum atomic E-state index is -3.52. The van der Waals surface area contributed by atoms with Crippen molar-refractivity contribution in [3.05, 3.63) is 124 Å². The molecule has 1 N–H and O–H groups in total. The SMILES string of the molecule is C[C@@H]1[C@@H]([Si](C)(C)F)[C@H](CC(=O)N(CCO)Cc2ccccc2)O[C@@]12C(=O)N(Cc1cccc(N(C=O)c3ccccc3)c1)c1ccc(Br)cc12. The molecule has 0 saturated carbocycles. The van der Waals surface area contributed by atoms with Gasteiger partial charge in [-0.15, -0.1) is 0 Å². The van der Waals surface area contributed by atoms with Gasteiger partial charge in [0.2, 0.25) is 20.7 Å². The summed E-state index contributed by atoms with van der Waals surface area (Å²) in [6.45, 7) is 5.47. The van der Waals surface area contributed by atoms with Crippen molar-refractivity contribution >= 4 is 59.6 Å². The van der Waals surface area contributed by atoms with Crippen molar-refractivity contribution in [2.75, 3.05) is 23.0 Å². The Kier molecular flexibility index (Phi) is 10.4. The van der Waals surface area contributed by atoms with Crippen LogP contribution in [0.25, 0.3) is 0 Å². The van der Waals surface area contributed by atoms with Crippen molar-refractivity contribution in [3.8, 4) is 0 Å². The van der Waals surface area contributed by atoms with Gasteiger partial charge in [0, 0.05) is 46.0 Å². The first kappa shape index (κ1) is 35.7. The fourth-order valence-corrected chi connectivity index (χ4v) is 10.6. The third-order valence-electron chi connectivity index (χ3n) is 9.91. The fourth-order valence-electron chi connectivity index (χ4n) is 7.74. The van der Waals surface area contributed by atoms with Gasteiger partial charge < -0.3 is 23.8 Å². The Morgan fingerprint density at radius 2 is 1.64 bits per heavy atom. The lowest BCUT2D eigenvalue weighted by molar-refractivity contribution is -0.150. The number of hydrogen-bond donors (Lipinski definition) is 1. The molecule has 6 rings (SSSR count). The van der Waals surface area contributed by atoms with Crippen LogP contribution in [0.1, 0.15) is 30.0 Å². The smallest absolute Gasteiger partial charge is 0.264 e. The van der Waals surface area contributed by atoms with Crippen molar-refractivity contribution in [1.29, 1.82) is 0 Å². The van der Waals surface area contributed by atoms with Gasteiger partial charge in [-0.1, -0.05) is 83.5 Å². The summed E-state index contributed by atoms with van der Waals surface area (Å²) in [5.74, 6) is -1.16. The Morgan fingerprint density at radius 3 is 2.30 bits per heavy atom. The predicted molar refractivity (Wildman–Crippen MR) is 198 cm³/mol. The largest absolute Gasteiger partial charge is 0.395 e. The Hall–Kier alpha value is -4.16. The van der Waals surface area contributed by atoms with E-state index in [-0.39, 0.29) is 37.9 Å². The van der Waals surface area contributed by atoms with Crippen LogP contribution in [0.5, 0.6) is 0 Å². The normalized spacial score (nSPS) is 21.4. The van der Waals surface area contributed by atoms with Gasteiger partial charge in [-0.25, -0.2) is 0 Å². The summed E-state index contributed by atoms with van der Waals surface area (Å²) in [7, 11) is -3.52. The lowest BCUT2D eigenvalue weighted by Crippen LogP contribution is -2.45. The number of halogens is 2. The van der Waals surface area contributed by atoms with E-state index < -0.39 is 31.6 Å². The first-order valence-electron chi connectivity index (χ1n) is 16.8. The van der Waals surface area contributed by atoms with E-state index in [1.165, 1.54) is 0 Å². The van der Waals surface area contributed by atoms with Crippen molar-refractivity contribution < 1.29 is 28.3 Å². The number of anilines is 3. The van der Waals surface area contributed by atoms with E-state index in [2.05, 4.69) is 15.9 Å². The molecule has 0 bridgehead atoms. The highest BCUT2D eigenvalue weighted by Gasteiger charge is 2.67. The van der Waals surface area contributed by atoms with Gasteiger partial charge in [0.15, 0.2) is 5.60 Å². The summed E-state index contributed by atoms with van der Waals surface area (Å²) in [5.41, 5.74) is 2.18. The molecule has 4 atom stereocenters. The van der Waals surface area contributed by atoms with Crippen LogP contribution in [0.15, 0.2) is 108 Å². The number of rotatable bonds is 12. The fraction of sp³-hybridized carbons (Fsp3) is 0.308. The molecular weight excluding hydrogens is 717 g/mol. The molecular formula is C39H41BrFN3O5Si. The monoisotopic (exact) mass is 757 g/mol. The zero-order valence-electron chi connectivity index (χ0n) is 28.3. The topological polar surface area (TPSA) is 90.4 Å². The molecule has 260 valence electrons. The Balaban J connectivity index is 1.33. The third kappa shape index (κ3) is 6.79. The van der Waals surface area contributed by atoms with Crippen LogP contribution < -0.4 is 9.80 Å². The molecule has 1 saturated heterocycles. The van der Waals surface area contributed by atoms with Crippen molar-refractivity contribution in [2.24, 2.45) is 5.92 Å². The number of para-hydroxylation sites is 1. The second kappa shape index (κ2) is 14.6. The van der Waals surface area contributed by atoms with Crippen LogP contribution >= 0.6 is 15.9 Å². The highest BCUT2D eigenvalue weighted by molar-refractivity contribution is 9.10. The molecule has 0 radical (unpaired) electrons. The van der Waals surface area contributed by atoms with Crippen LogP contribution in [0.2, 0.25) is 18.6 Å². The van der Waals surface area contributed by atoms with Crippen LogP contribution in [0.3, 0.4) is 0 Å². The second-order valence-electron chi connectivity index (χ2n) is 13.5. The second-order valence-corrected chi connectivity index (χ2v) is 18.2. The van der Waals surface area contributed by atoms with Crippen molar-refractivity contribution in [3.63, 3.8) is 0 Å². The number of aliphatic hydroxyl groups excluding tert-OH is 1. The van der Waals surface area contributed by atoms with E-state index in [1.807, 2.05) is 110 Å². The average molecular weight is 759 g/mol. The zero-order valence-corrected chi connectivity index (χ0v) is 30.9. The maximum absolute atomic E-state index is 16.4. The standard InChI is InChI=1S/C39H41BrFN3O5Si/c1-27-37(50(2,3)41)35(23-36(47)42(19-20-45)24-28-11-6-4-7-12-28)49-39(27)33-22-30(40)17-18-34(33)43(38(39)48)25-29-13-10-16-32(21-29)44(26-46)31-14-8-5-9-15-31/h4-18,21-22,26-27,35,37,45H,19-20,23-25H2,1-3H3/t27-,35+,37-,39+/m1/s1. The predicted octanol–water partition coefficient (Wildman–Crippen LogP) is 7.48. The molecule has 0 aromatic heterocycles. The number of ether oxygens (including phenoxy) is 1. The van der Waals surface area contributed by atoms with Gasteiger partial charge in [-0.05, 0) is 66.7 Å². The first-order chi connectivity index (χ1) is 24.0. The van der Waals surface area contributed by atoms with Gasteiger partial charge in [0.05, 0.1) is 31.4 Å². The number of amides is 3. The molecule has 1 fully saturated rings. The van der Waals surface area contributed by atoms with Crippen LogP contribution in [0.4, 0.5) is 21.2 Å². The summed E-state index contributed by atoms with van der Waals surface area (Å²) in [6, 6.07) is 31.8. The zero-order chi connectivity index (χ0) is 35.6. The minimum absolute atomic E-state index is 0.121. The number of fused-ring (bicyclic) bond motifs is 2. The van der Waals surface area contributed by atoms with E-state index in [9.17, 15) is 19.5 Å². The van der Waals surface area contributed by atoms with Gasteiger partial charge in [-0.2, -0.15) is 0 Å². The average Bonchev–Trinajstić information content (AvgIpc) is 3.52. The molecule has 2 aliphatic rings. The quantitative estimate of drug-likeness (QED) is 0.0920. The number of hydrogen-bond acceptors (Lipinski definition) is 5. The van der Waals surface area contributed by atoms with Crippen molar-refractivity contribution in [1.82, 2.24) is 4.90 Å². The number of nitrogens with zero attached hydrogens (tertiary/aromatic N) is 3. The molecule has 0 aliphatic carbocycles. The third-order valence-corrected chi connectivity index (χ3v) is 12.9. The summed E-state index contributed by atoms with van der Waals surface area (Å²) < 4.78 is 24.0. The molecule has 2 aliphatic heterocycles. The van der Waals surface area contributed by atoms with Crippen LogP contribution in [0, 0.1) is 5.92 Å². The van der Waals surface area contributed by atoms with Gasteiger partial charge in [0.25, 0.3) is 5.91 Å². The van der Waals surface area contributed by atoms with E-state index in [0.717, 1.165) is 22.0 Å². The molecule has 3 amide bonds. The van der Waals surface area contributed by atoms with Crippen LogP contribution in [-0.4, -0.2) is 55.9 Å². The van der Waals surface area contributed by atoms with Gasteiger partial charge in [0.1, 0.15) is 0 Å². The Labute approximate surface area is 301 Å². The number of carbonyl (C=O) groups excluding carboxylic acids is 3. The molecule has 4 aromatic carbocycles. The minimum Gasteiger partial charge on any atom is -0.395 e. The lowest BCUT2D eigenvalue weighted by atomic mass is 9.82. The molecule has 11 heteroatoms. The van der Waals surface area contributed by atoms with Gasteiger partial charge in [-0.3, -0.25) is 19.3 Å². The Bertz CT molecular complexity index is 1860. The number of benzene rings is 4. The van der Waals surface area contributed by atoms with E-state index in [0.29, 0.717) is 29.2 Å². The summed E-state index contributed by atoms with van der Waals surface area (Å²) in [5, 5.41) is 9.80. The summed E-state index contributed by atoms with van der Waals surface area (Å²) >= 11 is 3.58. The summed E-state index contributed by atoms with van der Waals surface area (Å²) in [6.07, 6.45) is -0.215. The highest BCUT2D eigenvalue weighted by atomic mass is 79.9. The number of carbonyl (C=O) groups is 3. The first-order valence-corrected chi connectivity index (χ1v) is 20.5. The van der Waals surface area contributed by atoms with Crippen molar-refractivity contribution in [2.45, 2.75) is 56.8 Å². The Morgan fingerprint density at radius 1 is 0.980 bits per heavy atom. The van der Waals surface area contributed by atoms with E-state index >= 15 is 4.11 Å². The maximum Gasteiger partial charge on any atom is 0.264 e. The molecule has 50 heavy (non-hydrogen) atoms. The molecule has 2 heterocycles. The maximum atomic E-state index is 16.4. The molecule has 8 nitrogen and oxygen atoms in total.